The highest BCUT2D eigenvalue weighted by Crippen LogP contribution is 2.28. The fourth-order valence-electron chi connectivity index (χ4n) is 3.59. The zero-order valence-electron chi connectivity index (χ0n) is 15.9. The molecule has 0 spiro atoms. The van der Waals surface area contributed by atoms with Gasteiger partial charge in [-0.3, -0.25) is 9.78 Å². The number of nitrogens with zero attached hydrogens (tertiary/aromatic N) is 4. The third-order valence-corrected chi connectivity index (χ3v) is 5.68. The van der Waals surface area contributed by atoms with Crippen LogP contribution in [0.3, 0.4) is 0 Å². The second kappa shape index (κ2) is 8.84. The van der Waals surface area contributed by atoms with Crippen molar-refractivity contribution in [1.29, 1.82) is 0 Å². The zero-order chi connectivity index (χ0) is 20.2. The second-order valence-corrected chi connectivity index (χ2v) is 8.17. The summed E-state index contributed by atoms with van der Waals surface area (Å²) in [5.41, 5.74) is 8.12. The van der Waals surface area contributed by atoms with Gasteiger partial charge in [-0.05, 0) is 49.1 Å². The maximum atomic E-state index is 12.9. The Morgan fingerprint density at radius 3 is 2.76 bits per heavy atom. The van der Waals surface area contributed by atoms with Gasteiger partial charge in [0.1, 0.15) is 0 Å². The minimum Gasteiger partial charge on any atom is -0.341 e. The Morgan fingerprint density at radius 2 is 2.00 bits per heavy atom. The van der Waals surface area contributed by atoms with Gasteiger partial charge in [-0.25, -0.2) is 0 Å². The SMILES string of the molecule is N[C@@H](Cc1ccc(Br)cc1)C(=O)N1CCCC(c2nc(-c3ccncc3)no2)C1. The fourth-order valence-corrected chi connectivity index (χ4v) is 3.86. The molecule has 1 aromatic carbocycles. The molecule has 3 aromatic rings. The molecule has 4 rings (SSSR count). The molecule has 0 bridgehead atoms. The highest BCUT2D eigenvalue weighted by Gasteiger charge is 2.31. The van der Waals surface area contributed by atoms with Crippen LogP contribution < -0.4 is 5.73 Å². The molecule has 1 saturated heterocycles. The summed E-state index contributed by atoms with van der Waals surface area (Å²) in [6.07, 6.45) is 5.69. The number of likely N-dealkylation sites (tertiary alicyclic amines) is 1. The van der Waals surface area contributed by atoms with Crippen molar-refractivity contribution >= 4 is 21.8 Å². The number of pyridine rings is 1. The lowest BCUT2D eigenvalue weighted by Crippen LogP contribution is -2.48. The van der Waals surface area contributed by atoms with Crippen molar-refractivity contribution in [3.05, 3.63) is 64.7 Å². The van der Waals surface area contributed by atoms with Crippen molar-refractivity contribution in [2.75, 3.05) is 13.1 Å². The third-order valence-electron chi connectivity index (χ3n) is 5.15. The fraction of sp³-hybridized carbons (Fsp3) is 0.333. The number of nitrogens with two attached hydrogens (primary N) is 1. The Bertz CT molecular complexity index is 961. The first kappa shape index (κ1) is 19.7. The van der Waals surface area contributed by atoms with E-state index >= 15 is 0 Å². The molecule has 0 aliphatic carbocycles. The number of piperidine rings is 1. The number of benzene rings is 1. The van der Waals surface area contributed by atoms with Crippen LogP contribution in [0.1, 0.15) is 30.2 Å². The van der Waals surface area contributed by atoms with Gasteiger partial charge in [-0.15, -0.1) is 0 Å². The Balaban J connectivity index is 1.40. The van der Waals surface area contributed by atoms with Crippen LogP contribution in [0.15, 0.2) is 57.8 Å². The Morgan fingerprint density at radius 1 is 1.24 bits per heavy atom. The van der Waals surface area contributed by atoms with Crippen LogP contribution in [0.25, 0.3) is 11.4 Å². The first-order valence-electron chi connectivity index (χ1n) is 9.63. The van der Waals surface area contributed by atoms with Crippen molar-refractivity contribution in [2.24, 2.45) is 5.73 Å². The minimum absolute atomic E-state index is 0.0238. The number of hydrogen-bond donors (Lipinski definition) is 1. The van der Waals surface area contributed by atoms with Gasteiger partial charge in [0.2, 0.25) is 17.6 Å². The van der Waals surface area contributed by atoms with Gasteiger partial charge in [0.25, 0.3) is 0 Å². The first-order chi connectivity index (χ1) is 14.1. The van der Waals surface area contributed by atoms with E-state index in [9.17, 15) is 4.79 Å². The Kier molecular flexibility index (Phi) is 6.01. The summed E-state index contributed by atoms with van der Waals surface area (Å²) >= 11 is 3.42. The van der Waals surface area contributed by atoms with Crippen LogP contribution in [0, 0.1) is 0 Å². The van der Waals surface area contributed by atoms with E-state index < -0.39 is 6.04 Å². The van der Waals surface area contributed by atoms with Crippen molar-refractivity contribution in [3.63, 3.8) is 0 Å². The Labute approximate surface area is 177 Å². The lowest BCUT2D eigenvalue weighted by atomic mass is 9.96. The van der Waals surface area contributed by atoms with Crippen LogP contribution in [0.4, 0.5) is 0 Å². The minimum atomic E-state index is -0.565. The number of rotatable bonds is 5. The molecule has 1 fully saturated rings. The molecule has 1 amide bonds. The number of carbonyl (C=O) groups excluding carboxylic acids is 1. The van der Waals surface area contributed by atoms with Crippen LogP contribution in [0.5, 0.6) is 0 Å². The maximum absolute atomic E-state index is 12.9. The number of aromatic nitrogens is 3. The molecule has 3 heterocycles. The predicted molar refractivity (Wildman–Crippen MR) is 112 cm³/mol. The van der Waals surface area contributed by atoms with E-state index in [0.29, 0.717) is 31.2 Å². The number of halogens is 1. The van der Waals surface area contributed by atoms with E-state index in [1.165, 1.54) is 0 Å². The van der Waals surface area contributed by atoms with Gasteiger partial charge in [0.15, 0.2) is 0 Å². The molecule has 0 saturated carbocycles. The van der Waals surface area contributed by atoms with Crippen molar-refractivity contribution < 1.29 is 9.32 Å². The zero-order valence-corrected chi connectivity index (χ0v) is 17.5. The average molecular weight is 456 g/mol. The number of carbonyl (C=O) groups is 1. The van der Waals surface area contributed by atoms with E-state index in [2.05, 4.69) is 31.1 Å². The van der Waals surface area contributed by atoms with E-state index in [4.69, 9.17) is 10.3 Å². The standard InChI is InChI=1S/C21H22BrN5O2/c22-17-5-3-14(4-6-17)12-18(23)21(28)27-11-1-2-16(13-27)20-25-19(26-29-20)15-7-9-24-10-8-15/h3-10,16,18H,1-2,11-13,23H2/t16?,18-/m0/s1. The first-order valence-corrected chi connectivity index (χ1v) is 10.4. The third kappa shape index (κ3) is 4.71. The summed E-state index contributed by atoms with van der Waals surface area (Å²) in [5, 5.41) is 4.08. The largest absolute Gasteiger partial charge is 0.341 e. The molecule has 0 radical (unpaired) electrons. The lowest BCUT2D eigenvalue weighted by Gasteiger charge is -2.32. The number of amides is 1. The molecule has 1 aliphatic heterocycles. The van der Waals surface area contributed by atoms with Crippen molar-refractivity contribution in [2.45, 2.75) is 31.2 Å². The maximum Gasteiger partial charge on any atom is 0.239 e. The normalized spacial score (nSPS) is 17.9. The van der Waals surface area contributed by atoms with Gasteiger partial charge in [0.05, 0.1) is 12.0 Å². The van der Waals surface area contributed by atoms with E-state index in [-0.39, 0.29) is 11.8 Å². The molecule has 1 aliphatic rings. The molecule has 2 N–H and O–H groups in total. The molecule has 1 unspecified atom stereocenters. The predicted octanol–water partition coefficient (Wildman–Crippen LogP) is 3.17. The lowest BCUT2D eigenvalue weighted by molar-refractivity contribution is -0.133. The molecule has 150 valence electrons. The number of hydrogen-bond acceptors (Lipinski definition) is 6. The van der Waals surface area contributed by atoms with Crippen LogP contribution in [-0.2, 0) is 11.2 Å². The van der Waals surface area contributed by atoms with Gasteiger partial charge in [-0.2, -0.15) is 4.98 Å². The summed E-state index contributed by atoms with van der Waals surface area (Å²) < 4.78 is 6.50. The van der Waals surface area contributed by atoms with Gasteiger partial charge in [0, 0.05) is 35.5 Å². The van der Waals surface area contributed by atoms with Crippen LogP contribution >= 0.6 is 15.9 Å². The van der Waals surface area contributed by atoms with Crippen molar-refractivity contribution in [1.82, 2.24) is 20.0 Å². The van der Waals surface area contributed by atoms with Crippen LogP contribution in [0.2, 0.25) is 0 Å². The van der Waals surface area contributed by atoms with E-state index in [1.54, 1.807) is 12.4 Å². The highest BCUT2D eigenvalue weighted by atomic mass is 79.9. The smallest absolute Gasteiger partial charge is 0.239 e. The summed E-state index contributed by atoms with van der Waals surface area (Å²) in [7, 11) is 0. The molecule has 29 heavy (non-hydrogen) atoms. The monoisotopic (exact) mass is 455 g/mol. The quantitative estimate of drug-likeness (QED) is 0.634. The summed E-state index contributed by atoms with van der Waals surface area (Å²) in [4.78, 5) is 23.3. The molecule has 8 heteroatoms. The topological polar surface area (TPSA) is 98.1 Å². The average Bonchev–Trinajstić information content (AvgIpc) is 3.26. The Hall–Kier alpha value is -2.58. The van der Waals surface area contributed by atoms with Crippen LogP contribution in [-0.4, -0.2) is 45.1 Å². The second-order valence-electron chi connectivity index (χ2n) is 7.25. The molecule has 2 aromatic heterocycles. The van der Waals surface area contributed by atoms with Gasteiger partial charge < -0.3 is 15.2 Å². The molecule has 2 atom stereocenters. The summed E-state index contributed by atoms with van der Waals surface area (Å²) in [6.45, 7) is 1.25. The van der Waals surface area contributed by atoms with Gasteiger partial charge in [-0.1, -0.05) is 33.2 Å². The van der Waals surface area contributed by atoms with E-state index in [0.717, 1.165) is 28.4 Å². The molecular weight excluding hydrogens is 434 g/mol. The highest BCUT2D eigenvalue weighted by molar-refractivity contribution is 9.10. The van der Waals surface area contributed by atoms with Gasteiger partial charge >= 0.3 is 0 Å². The molecule has 7 nitrogen and oxygen atoms in total. The summed E-state index contributed by atoms with van der Waals surface area (Å²) in [6, 6.07) is 11.0. The molecular formula is C21H22BrN5O2. The van der Waals surface area contributed by atoms with Crippen molar-refractivity contribution in [3.8, 4) is 11.4 Å². The summed E-state index contributed by atoms with van der Waals surface area (Å²) in [5.74, 6) is 1.09. The van der Waals surface area contributed by atoms with E-state index in [1.807, 2.05) is 41.3 Å².